The van der Waals surface area contributed by atoms with Crippen LogP contribution in [-0.4, -0.2) is 44.2 Å². The minimum atomic E-state index is -0.907. The van der Waals surface area contributed by atoms with Crippen LogP contribution in [0.2, 0.25) is 0 Å². The van der Waals surface area contributed by atoms with Crippen LogP contribution in [0.1, 0.15) is 13.3 Å². The van der Waals surface area contributed by atoms with E-state index < -0.39 is 15.7 Å². The molecule has 19 heavy (non-hydrogen) atoms. The van der Waals surface area contributed by atoms with Gasteiger partial charge >= 0.3 is 5.69 Å². The highest BCUT2D eigenvalue weighted by molar-refractivity contribution is 7.84. The molecule has 0 bridgehead atoms. The van der Waals surface area contributed by atoms with Crippen LogP contribution in [-0.2, 0) is 10.8 Å². The van der Waals surface area contributed by atoms with Gasteiger partial charge < -0.3 is 10.6 Å². The monoisotopic (exact) mass is 287 g/mol. The highest BCUT2D eigenvalue weighted by Crippen LogP contribution is 2.28. The number of nitrogens with one attached hydrogen (secondary N) is 2. The van der Waals surface area contributed by atoms with E-state index in [1.54, 1.807) is 13.3 Å². The summed E-state index contributed by atoms with van der Waals surface area (Å²) in [4.78, 5) is 18.1. The molecule has 0 amide bonds. The number of hydrogen-bond acceptors (Lipinski definition) is 7. The van der Waals surface area contributed by atoms with Gasteiger partial charge in [0.15, 0.2) is 0 Å². The molecule has 0 aliphatic heterocycles. The highest BCUT2D eigenvalue weighted by Gasteiger charge is 2.21. The fourth-order valence-corrected chi connectivity index (χ4v) is 1.87. The summed E-state index contributed by atoms with van der Waals surface area (Å²) < 4.78 is 11.2. The van der Waals surface area contributed by atoms with Gasteiger partial charge in [0.25, 0.3) is 0 Å². The Morgan fingerprint density at radius 3 is 2.63 bits per heavy atom. The molecule has 0 aliphatic carbocycles. The Kier molecular flexibility index (Phi) is 5.61. The Balaban J connectivity index is 2.78. The molecule has 2 atom stereocenters. The van der Waals surface area contributed by atoms with E-state index in [-0.39, 0.29) is 22.6 Å². The lowest BCUT2D eigenvalue weighted by atomic mass is 10.3. The molecule has 1 aromatic rings. The van der Waals surface area contributed by atoms with Crippen LogP contribution < -0.4 is 10.6 Å². The molecule has 0 spiro atoms. The lowest BCUT2D eigenvalue weighted by Gasteiger charge is -2.10. The number of hydrogen-bond donors (Lipinski definition) is 2. The third-order valence-corrected chi connectivity index (χ3v) is 4.02. The van der Waals surface area contributed by atoms with E-state index in [4.69, 9.17) is 0 Å². The summed E-state index contributed by atoms with van der Waals surface area (Å²) in [6.45, 7) is 2.33. The van der Waals surface area contributed by atoms with E-state index in [0.717, 1.165) is 0 Å². The maximum Gasteiger partial charge on any atom is 0.353 e. The van der Waals surface area contributed by atoms with Crippen molar-refractivity contribution in [3.8, 4) is 0 Å². The zero-order chi connectivity index (χ0) is 14.4. The van der Waals surface area contributed by atoms with Gasteiger partial charge in [-0.1, -0.05) is 6.92 Å². The zero-order valence-corrected chi connectivity index (χ0v) is 11.9. The first-order valence-electron chi connectivity index (χ1n) is 5.70. The van der Waals surface area contributed by atoms with Crippen molar-refractivity contribution in [3.05, 3.63) is 16.4 Å². The standard InChI is InChI=1S/C10H17N5O3S/c1-7(19(3)18)4-5-12-10-8(15(16)17)9(11-2)13-6-14-10/h6-7H,4-5H2,1-3H3,(H2,11,12,13,14). The number of anilines is 2. The third kappa shape index (κ3) is 4.12. The minimum Gasteiger partial charge on any atom is -0.367 e. The van der Waals surface area contributed by atoms with E-state index in [0.29, 0.717) is 13.0 Å². The smallest absolute Gasteiger partial charge is 0.353 e. The molecule has 1 rings (SSSR count). The Bertz CT molecular complexity index is 482. The Morgan fingerprint density at radius 2 is 2.11 bits per heavy atom. The lowest BCUT2D eigenvalue weighted by Crippen LogP contribution is -2.16. The summed E-state index contributed by atoms with van der Waals surface area (Å²) in [6, 6.07) is 0. The second kappa shape index (κ2) is 6.98. The second-order valence-electron chi connectivity index (χ2n) is 3.95. The molecule has 0 fully saturated rings. The van der Waals surface area contributed by atoms with Gasteiger partial charge in [-0.2, -0.15) is 0 Å². The van der Waals surface area contributed by atoms with E-state index in [1.165, 1.54) is 6.33 Å². The lowest BCUT2D eigenvalue weighted by molar-refractivity contribution is -0.383. The van der Waals surface area contributed by atoms with Crippen LogP contribution in [0.15, 0.2) is 6.33 Å². The van der Waals surface area contributed by atoms with E-state index in [2.05, 4.69) is 20.6 Å². The number of aromatic nitrogens is 2. The predicted molar refractivity (Wildman–Crippen MR) is 74.9 cm³/mol. The van der Waals surface area contributed by atoms with Gasteiger partial charge in [0.05, 0.1) is 4.92 Å². The molecule has 2 unspecified atom stereocenters. The molecule has 106 valence electrons. The van der Waals surface area contributed by atoms with Crippen LogP contribution in [0.4, 0.5) is 17.3 Å². The van der Waals surface area contributed by atoms with E-state index >= 15 is 0 Å². The fourth-order valence-electron chi connectivity index (χ4n) is 1.42. The van der Waals surface area contributed by atoms with E-state index in [9.17, 15) is 14.3 Å². The minimum absolute atomic E-state index is 0.0252. The molecule has 8 nitrogen and oxygen atoms in total. The molecular formula is C10H17N5O3S. The summed E-state index contributed by atoms with van der Waals surface area (Å²) in [6.07, 6.45) is 3.53. The second-order valence-corrected chi connectivity index (χ2v) is 5.75. The first kappa shape index (κ1) is 15.3. The van der Waals surface area contributed by atoms with Crippen LogP contribution in [0.3, 0.4) is 0 Å². The largest absolute Gasteiger partial charge is 0.367 e. The molecule has 0 aliphatic rings. The Morgan fingerprint density at radius 1 is 1.47 bits per heavy atom. The third-order valence-electron chi connectivity index (χ3n) is 2.65. The highest BCUT2D eigenvalue weighted by atomic mass is 32.2. The van der Waals surface area contributed by atoms with Crippen LogP contribution in [0.25, 0.3) is 0 Å². The molecule has 1 heterocycles. The van der Waals surface area contributed by atoms with Crippen LogP contribution in [0, 0.1) is 10.1 Å². The maximum absolute atomic E-state index is 11.2. The molecule has 0 saturated carbocycles. The van der Waals surface area contributed by atoms with Gasteiger partial charge in [-0.3, -0.25) is 14.3 Å². The predicted octanol–water partition coefficient (Wildman–Crippen LogP) is 0.996. The van der Waals surface area contributed by atoms with Gasteiger partial charge in [0.1, 0.15) is 6.33 Å². The Hall–Kier alpha value is -1.77. The molecule has 0 saturated heterocycles. The van der Waals surface area contributed by atoms with Crippen LogP contribution in [0.5, 0.6) is 0 Å². The number of rotatable bonds is 7. The van der Waals surface area contributed by atoms with Crippen molar-refractivity contribution in [2.45, 2.75) is 18.6 Å². The summed E-state index contributed by atoms with van der Waals surface area (Å²) in [7, 11) is 0.650. The molecule has 1 aromatic heterocycles. The Labute approximate surface area is 113 Å². The fraction of sp³-hybridized carbons (Fsp3) is 0.600. The van der Waals surface area contributed by atoms with Gasteiger partial charge in [0.2, 0.25) is 11.6 Å². The quantitative estimate of drug-likeness (QED) is 0.568. The molecular weight excluding hydrogens is 270 g/mol. The van der Waals surface area contributed by atoms with Gasteiger partial charge in [0, 0.05) is 35.9 Å². The average molecular weight is 287 g/mol. The van der Waals surface area contributed by atoms with Crippen molar-refractivity contribution < 1.29 is 9.13 Å². The molecule has 0 radical (unpaired) electrons. The average Bonchev–Trinajstić information content (AvgIpc) is 2.37. The first-order valence-corrected chi connectivity index (χ1v) is 7.32. The van der Waals surface area contributed by atoms with Crippen molar-refractivity contribution in [2.24, 2.45) is 0 Å². The maximum atomic E-state index is 11.2. The van der Waals surface area contributed by atoms with Crippen LogP contribution >= 0.6 is 0 Å². The van der Waals surface area contributed by atoms with Crippen molar-refractivity contribution in [1.29, 1.82) is 0 Å². The van der Waals surface area contributed by atoms with Crippen molar-refractivity contribution >= 4 is 28.1 Å². The molecule has 2 N–H and O–H groups in total. The first-order chi connectivity index (χ1) is 8.97. The van der Waals surface area contributed by atoms with Crippen molar-refractivity contribution in [3.63, 3.8) is 0 Å². The number of nitrogens with zero attached hydrogens (tertiary/aromatic N) is 3. The van der Waals surface area contributed by atoms with Crippen molar-refractivity contribution in [2.75, 3.05) is 30.5 Å². The van der Waals surface area contributed by atoms with Crippen molar-refractivity contribution in [1.82, 2.24) is 9.97 Å². The summed E-state index contributed by atoms with van der Waals surface area (Å²) in [5, 5.41) is 16.6. The van der Waals surface area contributed by atoms with Gasteiger partial charge in [-0.15, -0.1) is 0 Å². The van der Waals surface area contributed by atoms with Gasteiger partial charge in [-0.05, 0) is 6.42 Å². The zero-order valence-electron chi connectivity index (χ0n) is 11.0. The summed E-state index contributed by atoms with van der Waals surface area (Å²) in [5.74, 6) is 0.327. The molecule has 9 heteroatoms. The molecule has 0 aromatic carbocycles. The normalized spacial score (nSPS) is 13.6. The topological polar surface area (TPSA) is 110 Å². The summed E-state index contributed by atoms with van der Waals surface area (Å²) in [5.41, 5.74) is -0.185. The summed E-state index contributed by atoms with van der Waals surface area (Å²) >= 11 is 0. The van der Waals surface area contributed by atoms with E-state index in [1.807, 2.05) is 6.92 Å². The number of nitro groups is 1. The SMILES string of the molecule is CNc1ncnc(NCCC(C)S(C)=O)c1[N+](=O)[O-]. The van der Waals surface area contributed by atoms with Gasteiger partial charge in [-0.25, -0.2) is 9.97 Å².